The van der Waals surface area contributed by atoms with Crippen LogP contribution in [0.25, 0.3) is 0 Å². The van der Waals surface area contributed by atoms with E-state index in [0.29, 0.717) is 0 Å². The van der Waals surface area contributed by atoms with Crippen molar-refractivity contribution in [3.8, 4) is 0 Å². The van der Waals surface area contributed by atoms with Crippen molar-refractivity contribution in [2.75, 3.05) is 5.32 Å². The second kappa shape index (κ2) is 4.14. The van der Waals surface area contributed by atoms with Crippen LogP contribution in [0.5, 0.6) is 0 Å². The number of anilines is 1. The number of rotatable bonds is 2. The van der Waals surface area contributed by atoms with Gasteiger partial charge in [0.15, 0.2) is 0 Å². The molecular formula is C11H15FN2O. The largest absolute Gasteiger partial charge is 0.379 e. The standard InChI is InChI=1S/C11H15FN2O/c1-7-5-10(8(2)15-7)14-9-3-4-13-11(12)6-9/h3-4,6-8,10H,5H2,1-2H3,(H,13,14). The van der Waals surface area contributed by atoms with Crippen LogP contribution in [0.4, 0.5) is 10.1 Å². The van der Waals surface area contributed by atoms with Crippen LogP contribution in [0.15, 0.2) is 18.3 Å². The van der Waals surface area contributed by atoms with Crippen molar-refractivity contribution >= 4 is 5.69 Å². The van der Waals surface area contributed by atoms with Gasteiger partial charge in [-0.2, -0.15) is 4.39 Å². The van der Waals surface area contributed by atoms with E-state index in [1.54, 1.807) is 6.07 Å². The minimum absolute atomic E-state index is 0.163. The molecule has 1 saturated heterocycles. The third kappa shape index (κ3) is 2.45. The van der Waals surface area contributed by atoms with Crippen molar-refractivity contribution in [3.63, 3.8) is 0 Å². The molecule has 1 N–H and O–H groups in total. The Labute approximate surface area is 88.7 Å². The highest BCUT2D eigenvalue weighted by Crippen LogP contribution is 2.23. The van der Waals surface area contributed by atoms with Gasteiger partial charge in [-0.25, -0.2) is 4.98 Å². The average Bonchev–Trinajstić information content (AvgIpc) is 2.45. The minimum Gasteiger partial charge on any atom is -0.379 e. The second-order valence-electron chi connectivity index (χ2n) is 4.01. The van der Waals surface area contributed by atoms with Crippen molar-refractivity contribution in [1.29, 1.82) is 0 Å². The summed E-state index contributed by atoms with van der Waals surface area (Å²) in [5.41, 5.74) is 0.761. The van der Waals surface area contributed by atoms with Crippen molar-refractivity contribution in [1.82, 2.24) is 4.98 Å². The molecule has 2 rings (SSSR count). The smallest absolute Gasteiger partial charge is 0.214 e. The first-order chi connectivity index (χ1) is 7.15. The van der Waals surface area contributed by atoms with E-state index in [-0.39, 0.29) is 18.2 Å². The molecule has 1 aliphatic rings. The Hall–Kier alpha value is -1.16. The molecule has 0 aromatic carbocycles. The summed E-state index contributed by atoms with van der Waals surface area (Å²) in [6.07, 6.45) is 2.84. The molecule has 3 unspecified atom stereocenters. The van der Waals surface area contributed by atoms with E-state index in [1.807, 2.05) is 13.8 Å². The van der Waals surface area contributed by atoms with Gasteiger partial charge in [0.1, 0.15) is 0 Å². The van der Waals surface area contributed by atoms with Crippen molar-refractivity contribution < 1.29 is 9.13 Å². The molecule has 0 saturated carbocycles. The predicted molar refractivity (Wildman–Crippen MR) is 56.2 cm³/mol. The van der Waals surface area contributed by atoms with Crippen LogP contribution < -0.4 is 5.32 Å². The Morgan fingerprint density at radius 1 is 1.53 bits per heavy atom. The van der Waals surface area contributed by atoms with Crippen LogP contribution in [0.1, 0.15) is 20.3 Å². The number of hydrogen-bond acceptors (Lipinski definition) is 3. The fraction of sp³-hybridized carbons (Fsp3) is 0.545. The van der Waals surface area contributed by atoms with E-state index in [2.05, 4.69) is 10.3 Å². The maximum atomic E-state index is 12.8. The van der Waals surface area contributed by atoms with Crippen LogP contribution in [0.2, 0.25) is 0 Å². The highest BCUT2D eigenvalue weighted by Gasteiger charge is 2.29. The number of nitrogens with one attached hydrogen (secondary N) is 1. The molecule has 2 heterocycles. The molecule has 1 aromatic heterocycles. The van der Waals surface area contributed by atoms with Crippen LogP contribution in [-0.2, 0) is 4.74 Å². The summed E-state index contributed by atoms with van der Waals surface area (Å²) >= 11 is 0. The monoisotopic (exact) mass is 210 g/mol. The summed E-state index contributed by atoms with van der Waals surface area (Å²) < 4.78 is 18.4. The lowest BCUT2D eigenvalue weighted by molar-refractivity contribution is 0.0650. The summed E-state index contributed by atoms with van der Waals surface area (Å²) in [6, 6.07) is 3.41. The summed E-state index contributed by atoms with van der Waals surface area (Å²) in [7, 11) is 0. The van der Waals surface area contributed by atoms with Gasteiger partial charge < -0.3 is 10.1 Å². The van der Waals surface area contributed by atoms with Crippen molar-refractivity contribution in [2.24, 2.45) is 0 Å². The predicted octanol–water partition coefficient (Wildman–Crippen LogP) is 2.20. The summed E-state index contributed by atoms with van der Waals surface area (Å²) in [4.78, 5) is 3.51. The number of ether oxygens (including phenoxy) is 1. The van der Waals surface area contributed by atoms with Crippen molar-refractivity contribution in [3.05, 3.63) is 24.3 Å². The summed E-state index contributed by atoms with van der Waals surface area (Å²) in [5.74, 6) is -0.459. The number of aromatic nitrogens is 1. The summed E-state index contributed by atoms with van der Waals surface area (Å²) in [6.45, 7) is 4.07. The Morgan fingerprint density at radius 3 is 2.93 bits per heavy atom. The summed E-state index contributed by atoms with van der Waals surface area (Å²) in [5, 5.41) is 3.26. The van der Waals surface area contributed by atoms with Gasteiger partial charge in [0, 0.05) is 18.0 Å². The molecule has 1 aliphatic heterocycles. The normalized spacial score (nSPS) is 30.5. The first-order valence-corrected chi connectivity index (χ1v) is 5.18. The van der Waals surface area contributed by atoms with Crippen LogP contribution in [0, 0.1) is 5.95 Å². The van der Waals surface area contributed by atoms with Gasteiger partial charge in [0.25, 0.3) is 0 Å². The topological polar surface area (TPSA) is 34.2 Å². The van der Waals surface area contributed by atoms with Gasteiger partial charge in [-0.1, -0.05) is 0 Å². The number of pyridine rings is 1. The molecule has 3 nitrogen and oxygen atoms in total. The zero-order chi connectivity index (χ0) is 10.8. The number of halogens is 1. The van der Waals surface area contributed by atoms with Gasteiger partial charge >= 0.3 is 0 Å². The molecular weight excluding hydrogens is 195 g/mol. The van der Waals surface area contributed by atoms with E-state index in [9.17, 15) is 4.39 Å². The Balaban J connectivity index is 2.03. The molecule has 1 aromatic rings. The van der Waals surface area contributed by atoms with Crippen LogP contribution in [0.3, 0.4) is 0 Å². The Kier molecular flexibility index (Phi) is 2.86. The number of nitrogens with zero attached hydrogens (tertiary/aromatic N) is 1. The van der Waals surface area contributed by atoms with E-state index < -0.39 is 5.95 Å². The van der Waals surface area contributed by atoms with E-state index in [1.165, 1.54) is 12.3 Å². The third-order valence-corrected chi connectivity index (χ3v) is 2.68. The van der Waals surface area contributed by atoms with Gasteiger partial charge in [-0.15, -0.1) is 0 Å². The maximum absolute atomic E-state index is 12.8. The lowest BCUT2D eigenvalue weighted by atomic mass is 10.1. The van der Waals surface area contributed by atoms with Crippen LogP contribution in [-0.4, -0.2) is 23.2 Å². The molecule has 3 atom stereocenters. The first-order valence-electron chi connectivity index (χ1n) is 5.18. The van der Waals surface area contributed by atoms with E-state index >= 15 is 0 Å². The van der Waals surface area contributed by atoms with Gasteiger partial charge in [0.2, 0.25) is 5.95 Å². The zero-order valence-corrected chi connectivity index (χ0v) is 8.90. The maximum Gasteiger partial charge on any atom is 0.214 e. The molecule has 4 heteroatoms. The zero-order valence-electron chi connectivity index (χ0n) is 8.90. The van der Waals surface area contributed by atoms with Crippen molar-refractivity contribution in [2.45, 2.75) is 38.5 Å². The van der Waals surface area contributed by atoms with Gasteiger partial charge in [-0.05, 0) is 26.3 Å². The molecule has 0 aliphatic carbocycles. The molecule has 15 heavy (non-hydrogen) atoms. The lowest BCUT2D eigenvalue weighted by Crippen LogP contribution is -2.26. The van der Waals surface area contributed by atoms with Gasteiger partial charge in [0.05, 0.1) is 18.2 Å². The quantitative estimate of drug-likeness (QED) is 0.760. The highest BCUT2D eigenvalue weighted by molar-refractivity contribution is 5.42. The fourth-order valence-electron chi connectivity index (χ4n) is 1.95. The van der Waals surface area contributed by atoms with Crippen LogP contribution >= 0.6 is 0 Å². The van der Waals surface area contributed by atoms with E-state index in [4.69, 9.17) is 4.74 Å². The molecule has 0 radical (unpaired) electrons. The first kappa shape index (κ1) is 10.4. The second-order valence-corrected chi connectivity index (χ2v) is 4.01. The lowest BCUT2D eigenvalue weighted by Gasteiger charge is -2.16. The average molecular weight is 210 g/mol. The Bertz CT molecular complexity index is 345. The Morgan fingerprint density at radius 2 is 2.33 bits per heavy atom. The number of hydrogen-bond donors (Lipinski definition) is 1. The molecule has 0 spiro atoms. The molecule has 0 bridgehead atoms. The molecule has 82 valence electrons. The van der Waals surface area contributed by atoms with Gasteiger partial charge in [-0.3, -0.25) is 0 Å². The highest BCUT2D eigenvalue weighted by atomic mass is 19.1. The third-order valence-electron chi connectivity index (χ3n) is 2.68. The minimum atomic E-state index is -0.459. The molecule has 0 amide bonds. The SMILES string of the molecule is CC1CC(Nc2ccnc(F)c2)C(C)O1. The fourth-order valence-corrected chi connectivity index (χ4v) is 1.95. The molecule has 1 fully saturated rings. The van der Waals surface area contributed by atoms with E-state index in [0.717, 1.165) is 12.1 Å².